The van der Waals surface area contributed by atoms with Gasteiger partial charge in [-0.25, -0.2) is 0 Å². The van der Waals surface area contributed by atoms with Crippen LogP contribution in [0.5, 0.6) is 5.75 Å². The molecule has 1 aliphatic heterocycles. The minimum Gasteiger partial charge on any atom is -0.497 e. The highest BCUT2D eigenvalue weighted by atomic mass is 16.5. The molecule has 0 aromatic heterocycles. The molecule has 6 nitrogen and oxygen atoms in total. The van der Waals surface area contributed by atoms with E-state index in [4.69, 9.17) is 4.74 Å². The van der Waals surface area contributed by atoms with Crippen LogP contribution in [-0.2, 0) is 16.0 Å². The molecule has 0 aliphatic carbocycles. The highest BCUT2D eigenvalue weighted by Gasteiger charge is 2.25. The zero-order valence-corrected chi connectivity index (χ0v) is 14.5. The minimum atomic E-state index is -0.123. The third kappa shape index (κ3) is 5.53. The van der Waals surface area contributed by atoms with Gasteiger partial charge in [0.05, 0.1) is 13.8 Å². The number of hydrogen-bond acceptors (Lipinski definition) is 4. The molecule has 0 saturated carbocycles. The van der Waals surface area contributed by atoms with E-state index >= 15 is 0 Å². The number of rotatable bonds is 8. The molecule has 1 unspecified atom stereocenters. The summed E-state index contributed by atoms with van der Waals surface area (Å²) in [6, 6.07) is 8.03. The Hall–Kier alpha value is -2.08. The fourth-order valence-electron chi connectivity index (χ4n) is 2.84. The topological polar surface area (TPSA) is 70.7 Å². The standard InChI is InChI=1S/C18H27N3O3/c1-3-5-15-11-18(23)21(13-20-15)12-17(22)19-9-8-14-6-4-7-16(10-14)24-2/h4,6-7,10,15,20H,3,5,8-9,11-13H2,1-2H3,(H,19,22). The zero-order valence-electron chi connectivity index (χ0n) is 14.5. The number of nitrogens with one attached hydrogen (secondary N) is 2. The van der Waals surface area contributed by atoms with E-state index in [1.165, 1.54) is 0 Å². The highest BCUT2D eigenvalue weighted by molar-refractivity contribution is 5.85. The molecule has 0 bridgehead atoms. The summed E-state index contributed by atoms with van der Waals surface area (Å²) in [6.45, 7) is 3.21. The molecule has 132 valence electrons. The molecule has 1 aromatic rings. The Morgan fingerprint density at radius 3 is 3.00 bits per heavy atom. The Kier molecular flexibility index (Phi) is 7.06. The van der Waals surface area contributed by atoms with Crippen LogP contribution in [0.15, 0.2) is 24.3 Å². The molecule has 1 aromatic carbocycles. The fourth-order valence-corrected chi connectivity index (χ4v) is 2.84. The van der Waals surface area contributed by atoms with E-state index in [0.717, 1.165) is 30.6 Å². The van der Waals surface area contributed by atoms with Gasteiger partial charge in [0.2, 0.25) is 11.8 Å². The molecule has 2 rings (SSSR count). The van der Waals surface area contributed by atoms with E-state index in [0.29, 0.717) is 19.6 Å². The van der Waals surface area contributed by atoms with Crippen LogP contribution in [0.2, 0.25) is 0 Å². The SMILES string of the molecule is CCCC1CC(=O)N(CC(=O)NCCc2cccc(OC)c2)CN1. The van der Waals surface area contributed by atoms with E-state index in [2.05, 4.69) is 17.6 Å². The van der Waals surface area contributed by atoms with Crippen LogP contribution in [0.25, 0.3) is 0 Å². The van der Waals surface area contributed by atoms with Gasteiger partial charge in [-0.2, -0.15) is 0 Å². The van der Waals surface area contributed by atoms with E-state index in [9.17, 15) is 9.59 Å². The smallest absolute Gasteiger partial charge is 0.239 e. The number of carbonyl (C=O) groups excluding carboxylic acids is 2. The number of methoxy groups -OCH3 is 1. The lowest BCUT2D eigenvalue weighted by molar-refractivity contribution is -0.139. The molecule has 24 heavy (non-hydrogen) atoms. The first-order valence-electron chi connectivity index (χ1n) is 8.53. The molecule has 1 aliphatic rings. The van der Waals surface area contributed by atoms with Crippen LogP contribution < -0.4 is 15.4 Å². The lowest BCUT2D eigenvalue weighted by atomic mass is 10.1. The van der Waals surface area contributed by atoms with Gasteiger partial charge in [-0.3, -0.25) is 14.9 Å². The normalized spacial score (nSPS) is 17.7. The van der Waals surface area contributed by atoms with Gasteiger partial charge < -0.3 is 15.0 Å². The maximum atomic E-state index is 12.1. The highest BCUT2D eigenvalue weighted by Crippen LogP contribution is 2.12. The van der Waals surface area contributed by atoms with Crippen LogP contribution in [0.1, 0.15) is 31.7 Å². The van der Waals surface area contributed by atoms with Crippen molar-refractivity contribution in [3.05, 3.63) is 29.8 Å². The Labute approximate surface area is 143 Å². The molecule has 1 saturated heterocycles. The van der Waals surface area contributed by atoms with Crippen molar-refractivity contribution in [2.45, 2.75) is 38.6 Å². The van der Waals surface area contributed by atoms with Crippen LogP contribution in [-0.4, -0.2) is 49.6 Å². The van der Waals surface area contributed by atoms with E-state index in [1.54, 1.807) is 12.0 Å². The molecule has 1 heterocycles. The minimum absolute atomic E-state index is 0.0511. The van der Waals surface area contributed by atoms with Gasteiger partial charge in [-0.1, -0.05) is 25.5 Å². The van der Waals surface area contributed by atoms with Crippen molar-refractivity contribution < 1.29 is 14.3 Å². The molecular weight excluding hydrogens is 306 g/mol. The van der Waals surface area contributed by atoms with Gasteiger partial charge in [-0.05, 0) is 30.5 Å². The van der Waals surface area contributed by atoms with Gasteiger partial charge >= 0.3 is 0 Å². The summed E-state index contributed by atoms with van der Waals surface area (Å²) in [5.74, 6) is 0.739. The van der Waals surface area contributed by atoms with Crippen molar-refractivity contribution in [1.29, 1.82) is 0 Å². The molecule has 1 fully saturated rings. The van der Waals surface area contributed by atoms with Crippen molar-refractivity contribution in [3.63, 3.8) is 0 Å². The molecule has 6 heteroatoms. The first-order chi connectivity index (χ1) is 11.6. The Balaban J connectivity index is 1.70. The maximum absolute atomic E-state index is 12.1. The fraction of sp³-hybridized carbons (Fsp3) is 0.556. The van der Waals surface area contributed by atoms with Crippen LogP contribution in [0.4, 0.5) is 0 Å². The lowest BCUT2D eigenvalue weighted by Gasteiger charge is -2.32. The van der Waals surface area contributed by atoms with E-state index in [-0.39, 0.29) is 24.4 Å². The summed E-state index contributed by atoms with van der Waals surface area (Å²) in [5, 5.41) is 6.18. The molecule has 2 N–H and O–H groups in total. The number of amides is 2. The summed E-state index contributed by atoms with van der Waals surface area (Å²) in [4.78, 5) is 25.7. The van der Waals surface area contributed by atoms with Crippen molar-refractivity contribution in [1.82, 2.24) is 15.5 Å². The lowest BCUT2D eigenvalue weighted by Crippen LogP contribution is -2.53. The van der Waals surface area contributed by atoms with E-state index in [1.807, 2.05) is 24.3 Å². The number of nitrogens with zero attached hydrogens (tertiary/aromatic N) is 1. The van der Waals surface area contributed by atoms with Crippen molar-refractivity contribution in [2.24, 2.45) is 0 Å². The summed E-state index contributed by atoms with van der Waals surface area (Å²) in [6.07, 6.45) is 3.25. The second-order valence-electron chi connectivity index (χ2n) is 6.10. The number of hydrogen-bond donors (Lipinski definition) is 2. The average Bonchev–Trinajstić information content (AvgIpc) is 2.58. The van der Waals surface area contributed by atoms with Crippen molar-refractivity contribution in [3.8, 4) is 5.75 Å². The predicted octanol–water partition coefficient (Wildman–Crippen LogP) is 1.30. The maximum Gasteiger partial charge on any atom is 0.239 e. The molecule has 0 radical (unpaired) electrons. The van der Waals surface area contributed by atoms with Gasteiger partial charge in [0.15, 0.2) is 0 Å². The first kappa shape index (κ1) is 18.3. The quantitative estimate of drug-likeness (QED) is 0.752. The molecule has 1 atom stereocenters. The summed E-state index contributed by atoms with van der Waals surface area (Å²) in [7, 11) is 1.63. The summed E-state index contributed by atoms with van der Waals surface area (Å²) in [5.41, 5.74) is 1.10. The largest absolute Gasteiger partial charge is 0.497 e. The summed E-state index contributed by atoms with van der Waals surface area (Å²) < 4.78 is 5.18. The van der Waals surface area contributed by atoms with Gasteiger partial charge in [0, 0.05) is 19.0 Å². The second-order valence-corrected chi connectivity index (χ2v) is 6.10. The third-order valence-corrected chi connectivity index (χ3v) is 4.19. The predicted molar refractivity (Wildman–Crippen MR) is 92.7 cm³/mol. The third-order valence-electron chi connectivity index (χ3n) is 4.19. The van der Waals surface area contributed by atoms with Crippen LogP contribution >= 0.6 is 0 Å². The molecule has 2 amide bonds. The summed E-state index contributed by atoms with van der Waals surface area (Å²) >= 11 is 0. The zero-order chi connectivity index (χ0) is 17.4. The Morgan fingerprint density at radius 2 is 2.29 bits per heavy atom. The monoisotopic (exact) mass is 333 g/mol. The molecular formula is C18H27N3O3. The number of carbonyl (C=O) groups is 2. The van der Waals surface area contributed by atoms with Crippen LogP contribution in [0.3, 0.4) is 0 Å². The first-order valence-corrected chi connectivity index (χ1v) is 8.53. The van der Waals surface area contributed by atoms with Gasteiger partial charge in [-0.15, -0.1) is 0 Å². The average molecular weight is 333 g/mol. The van der Waals surface area contributed by atoms with Crippen LogP contribution in [0, 0.1) is 0 Å². The van der Waals surface area contributed by atoms with Gasteiger partial charge in [0.25, 0.3) is 0 Å². The van der Waals surface area contributed by atoms with Crippen molar-refractivity contribution in [2.75, 3.05) is 26.9 Å². The van der Waals surface area contributed by atoms with Crippen molar-refractivity contribution >= 4 is 11.8 Å². The van der Waals surface area contributed by atoms with E-state index < -0.39 is 0 Å². The number of benzene rings is 1. The molecule has 0 spiro atoms. The Bertz CT molecular complexity index is 562. The Morgan fingerprint density at radius 1 is 1.46 bits per heavy atom. The second kappa shape index (κ2) is 9.27. The van der Waals surface area contributed by atoms with Gasteiger partial charge in [0.1, 0.15) is 12.3 Å². The number of ether oxygens (including phenoxy) is 1.